The molecule has 0 atom stereocenters. The van der Waals surface area contributed by atoms with E-state index in [1.165, 1.54) is 17.7 Å². The first-order chi connectivity index (χ1) is 39.3. The highest BCUT2D eigenvalue weighted by atomic mass is 16.3. The largest absolute Gasteiger partial charge is 0.507 e. The standard InChI is InChI=1S/C69H67N3O/c1-43(2)51-39-58(44(3)4)66(73)61(40-51)67-71-65-57(53-36-52(46-19-14-12-15-20-46)37-54(38-53)62-41-50(33-34-70-62)47-25-29-55(30-26-47)68(6,7)8)23-18-24-63(65)72(67)64-35-45(5)59(42-60(64)48-21-16-13-17-22-48)49-27-31-56(32-28-49)69(9,10)11/h12-44,73H,1-11H3/i6D3,7D3,8D3,43D,44D. The van der Waals surface area contributed by atoms with Gasteiger partial charge in [0.15, 0.2) is 0 Å². The van der Waals surface area contributed by atoms with E-state index in [1.807, 2.05) is 84.9 Å². The summed E-state index contributed by atoms with van der Waals surface area (Å²) in [7, 11) is 0. The van der Waals surface area contributed by atoms with Crippen molar-refractivity contribution in [3.63, 3.8) is 0 Å². The number of aromatic nitrogens is 3. The van der Waals surface area contributed by atoms with Gasteiger partial charge in [-0.2, -0.15) is 0 Å². The molecule has 0 saturated carbocycles. The lowest BCUT2D eigenvalue weighted by molar-refractivity contribution is 0.466. The number of hydrogen-bond acceptors (Lipinski definition) is 3. The van der Waals surface area contributed by atoms with Crippen LogP contribution in [0.5, 0.6) is 5.75 Å². The number of aromatic hydroxyl groups is 1. The van der Waals surface area contributed by atoms with Gasteiger partial charge < -0.3 is 5.11 Å². The second-order valence-electron chi connectivity index (χ2n) is 20.7. The molecule has 0 fully saturated rings. The lowest BCUT2D eigenvalue weighted by Gasteiger charge is -2.22. The van der Waals surface area contributed by atoms with E-state index < -0.39 is 37.8 Å². The maximum absolute atomic E-state index is 12.6. The predicted molar refractivity (Wildman–Crippen MR) is 309 cm³/mol. The molecule has 1 N–H and O–H groups in total. The molecule has 0 unspecified atom stereocenters. The Hall–Kier alpha value is -7.82. The van der Waals surface area contributed by atoms with Gasteiger partial charge in [-0.3, -0.25) is 9.55 Å². The molecular formula is C69H67N3O. The number of para-hydroxylation sites is 1. The maximum atomic E-state index is 12.6. The number of phenolic OH excluding ortho intramolecular Hbond substituents is 1. The van der Waals surface area contributed by atoms with Crippen molar-refractivity contribution in [2.45, 2.75) is 98.6 Å². The fourth-order valence-electron chi connectivity index (χ4n) is 9.83. The van der Waals surface area contributed by atoms with Gasteiger partial charge in [-0.25, -0.2) is 4.98 Å². The van der Waals surface area contributed by atoms with E-state index in [0.717, 1.165) is 66.8 Å². The third-order valence-electron chi connectivity index (χ3n) is 13.9. The second kappa shape index (κ2) is 19.3. The third kappa shape index (κ3) is 9.67. The van der Waals surface area contributed by atoms with Crippen LogP contribution in [-0.2, 0) is 10.8 Å². The number of pyridine rings is 1. The highest BCUT2D eigenvalue weighted by molar-refractivity contribution is 5.99. The van der Waals surface area contributed by atoms with E-state index in [0.29, 0.717) is 44.9 Å². The first-order valence-corrected chi connectivity index (χ1v) is 24.8. The molecule has 4 heteroatoms. The molecule has 10 aromatic rings. The number of nitrogens with zero attached hydrogens (tertiary/aromatic N) is 3. The summed E-state index contributed by atoms with van der Waals surface area (Å²) < 4.78 is 95.1. The topological polar surface area (TPSA) is 50.9 Å². The molecule has 0 aliphatic heterocycles. The van der Waals surface area contributed by atoms with Crippen LogP contribution in [0.4, 0.5) is 0 Å². The Morgan fingerprint density at radius 1 is 0.507 bits per heavy atom. The van der Waals surface area contributed by atoms with Crippen molar-refractivity contribution in [2.75, 3.05) is 0 Å². The quantitative estimate of drug-likeness (QED) is 0.149. The minimum absolute atomic E-state index is 0.0292. The van der Waals surface area contributed by atoms with Gasteiger partial charge in [0.1, 0.15) is 11.6 Å². The average molecular weight is 965 g/mol. The van der Waals surface area contributed by atoms with Crippen molar-refractivity contribution < 1.29 is 20.2 Å². The molecule has 0 aliphatic carbocycles. The molecule has 0 spiro atoms. The molecule has 0 radical (unpaired) electrons. The fraction of sp³-hybridized carbons (Fsp3) is 0.217. The van der Waals surface area contributed by atoms with E-state index in [9.17, 15) is 7.85 Å². The van der Waals surface area contributed by atoms with Crippen LogP contribution < -0.4 is 0 Å². The SMILES string of the molecule is [2H]C(C)(C)c1cc(-c2nc3c(-c4cc(-c5ccccc5)cc(-c5cc(-c6ccc(C(C([2H])([2H])[2H])(C([2H])([2H])[2H])C([2H])([2H])[2H])cc6)ccn5)c4)cccc3n2-c2cc(C)c(-c3ccc(C(C)(C)C)cc3)cc2-c2ccccc2)c(O)c(C([2H])(C)C)c1. The summed E-state index contributed by atoms with van der Waals surface area (Å²) >= 11 is 0. The number of rotatable bonds is 10. The number of benzene rings is 8. The Labute approximate surface area is 448 Å². The summed E-state index contributed by atoms with van der Waals surface area (Å²) in [6, 6.07) is 58.5. The van der Waals surface area contributed by atoms with Gasteiger partial charge >= 0.3 is 0 Å². The van der Waals surface area contributed by atoms with Crippen molar-refractivity contribution in [3.05, 3.63) is 216 Å². The molecule has 2 heterocycles. The van der Waals surface area contributed by atoms with Crippen molar-refractivity contribution in [1.82, 2.24) is 14.5 Å². The molecule has 364 valence electrons. The molecule has 10 rings (SSSR count). The van der Waals surface area contributed by atoms with Gasteiger partial charge in [0.25, 0.3) is 0 Å². The number of fused-ring (bicyclic) bond motifs is 1. The molecular weight excluding hydrogens is 887 g/mol. The van der Waals surface area contributed by atoms with E-state index in [2.05, 4.69) is 92.9 Å². The summed E-state index contributed by atoms with van der Waals surface area (Å²) in [4.78, 5) is 10.5. The summed E-state index contributed by atoms with van der Waals surface area (Å²) in [6.07, 6.45) is 1.66. The van der Waals surface area contributed by atoms with Crippen LogP contribution in [0, 0.1) is 6.92 Å². The molecule has 2 aromatic heterocycles. The minimum atomic E-state index is -3.40. The van der Waals surface area contributed by atoms with Gasteiger partial charge in [-0.1, -0.05) is 196 Å². The first-order valence-electron chi connectivity index (χ1n) is 30.3. The van der Waals surface area contributed by atoms with Gasteiger partial charge in [0.05, 0.1) is 28.0 Å². The van der Waals surface area contributed by atoms with Crippen LogP contribution in [0.15, 0.2) is 188 Å². The van der Waals surface area contributed by atoms with Crippen LogP contribution >= 0.6 is 0 Å². The predicted octanol–water partition coefficient (Wildman–Crippen LogP) is 18.9. The zero-order valence-electron chi connectivity index (χ0n) is 53.7. The summed E-state index contributed by atoms with van der Waals surface area (Å²) in [5.74, 6) is -2.06. The molecule has 73 heavy (non-hydrogen) atoms. The monoisotopic (exact) mass is 965 g/mol. The third-order valence-corrected chi connectivity index (χ3v) is 13.9. The highest BCUT2D eigenvalue weighted by Gasteiger charge is 2.26. The Morgan fingerprint density at radius 2 is 1.11 bits per heavy atom. The Kier molecular flexibility index (Phi) is 9.79. The molecule has 0 aliphatic rings. The number of phenols is 1. The van der Waals surface area contributed by atoms with Crippen LogP contribution in [0.2, 0.25) is 0 Å². The maximum Gasteiger partial charge on any atom is 0.149 e. The second-order valence-corrected chi connectivity index (χ2v) is 20.7. The summed E-state index contributed by atoms with van der Waals surface area (Å²) in [5, 5.41) is 12.6. The lowest BCUT2D eigenvalue weighted by Crippen LogP contribution is -2.10. The van der Waals surface area contributed by atoms with Gasteiger partial charge in [0, 0.05) is 38.0 Å². The Morgan fingerprint density at radius 3 is 1.75 bits per heavy atom. The van der Waals surface area contributed by atoms with E-state index >= 15 is 0 Å². The van der Waals surface area contributed by atoms with Gasteiger partial charge in [-0.15, -0.1) is 0 Å². The molecule has 0 amide bonds. The van der Waals surface area contributed by atoms with Crippen LogP contribution in [-0.4, -0.2) is 19.6 Å². The normalized spacial score (nSPS) is 15.1. The Balaban J connectivity index is 1.22. The molecule has 0 bridgehead atoms. The first kappa shape index (κ1) is 37.0. The van der Waals surface area contributed by atoms with E-state index in [1.54, 1.807) is 58.2 Å². The van der Waals surface area contributed by atoms with Crippen LogP contribution in [0.25, 0.3) is 95.0 Å². The summed E-state index contributed by atoms with van der Waals surface area (Å²) in [6.45, 7) is 5.58. The lowest BCUT2D eigenvalue weighted by atomic mass is 9.85. The number of aryl methyl sites for hydroxylation is 1. The van der Waals surface area contributed by atoms with Gasteiger partial charge in [-0.05, 0) is 156 Å². The highest BCUT2D eigenvalue weighted by Crippen LogP contribution is 2.46. The fourth-order valence-corrected chi connectivity index (χ4v) is 9.83. The van der Waals surface area contributed by atoms with Crippen molar-refractivity contribution in [1.29, 1.82) is 0 Å². The van der Waals surface area contributed by atoms with Crippen molar-refractivity contribution in [3.8, 4) is 89.7 Å². The van der Waals surface area contributed by atoms with Crippen molar-refractivity contribution in [2.24, 2.45) is 0 Å². The Bertz CT molecular complexity index is 4050. The zero-order valence-corrected chi connectivity index (χ0v) is 42.7. The van der Waals surface area contributed by atoms with E-state index in [-0.39, 0.29) is 16.7 Å². The zero-order chi connectivity index (χ0) is 60.7. The van der Waals surface area contributed by atoms with Crippen molar-refractivity contribution >= 4 is 11.0 Å². The number of imidazole rings is 1. The summed E-state index contributed by atoms with van der Waals surface area (Å²) in [5.41, 5.74) is 12.2. The smallest absolute Gasteiger partial charge is 0.149 e. The van der Waals surface area contributed by atoms with Gasteiger partial charge in [0.2, 0.25) is 0 Å². The van der Waals surface area contributed by atoms with Crippen LogP contribution in [0.1, 0.15) is 124 Å². The van der Waals surface area contributed by atoms with Crippen LogP contribution in [0.3, 0.4) is 0 Å². The van der Waals surface area contributed by atoms with E-state index in [4.69, 9.17) is 22.3 Å². The minimum Gasteiger partial charge on any atom is -0.507 e. The number of hydrogen-bond donors (Lipinski definition) is 1. The average Bonchev–Trinajstić information content (AvgIpc) is 0.936. The molecule has 4 nitrogen and oxygen atoms in total. The molecule has 0 saturated heterocycles. The molecule has 8 aromatic carbocycles.